The number of halogens is 3. The molecule has 154 valence electrons. The number of fused-ring (bicyclic) bond motifs is 1. The van der Waals surface area contributed by atoms with E-state index in [-0.39, 0.29) is 17.7 Å². The summed E-state index contributed by atoms with van der Waals surface area (Å²) in [6.45, 7) is 0. The molecule has 0 bridgehead atoms. The van der Waals surface area contributed by atoms with Crippen LogP contribution in [0.1, 0.15) is 29.2 Å². The second kappa shape index (κ2) is 7.66. The van der Waals surface area contributed by atoms with E-state index in [1.54, 1.807) is 18.2 Å². The molecule has 0 radical (unpaired) electrons. The molecule has 2 heterocycles. The Labute approximate surface area is 169 Å². The van der Waals surface area contributed by atoms with Gasteiger partial charge in [0.2, 0.25) is 5.88 Å². The van der Waals surface area contributed by atoms with Crippen molar-refractivity contribution < 1.29 is 27.6 Å². The maximum Gasteiger partial charge on any atom is 0.416 e. The zero-order chi connectivity index (χ0) is 21.3. The van der Waals surface area contributed by atoms with Crippen LogP contribution in [0.2, 0.25) is 0 Å². The number of pyridine rings is 1. The Morgan fingerprint density at radius 2 is 1.87 bits per heavy atom. The smallest absolute Gasteiger partial charge is 0.416 e. The van der Waals surface area contributed by atoms with Gasteiger partial charge in [0.1, 0.15) is 23.8 Å². The lowest BCUT2D eigenvalue weighted by Gasteiger charge is -2.27. The van der Waals surface area contributed by atoms with Crippen molar-refractivity contribution in [1.29, 1.82) is 0 Å². The second-order valence-corrected chi connectivity index (χ2v) is 6.75. The largest absolute Gasteiger partial charge is 0.485 e. The number of hydrogen-bond donors (Lipinski definition) is 0. The zero-order valence-electron chi connectivity index (χ0n) is 15.4. The summed E-state index contributed by atoms with van der Waals surface area (Å²) >= 11 is 0. The van der Waals surface area contributed by atoms with Gasteiger partial charge in [0.15, 0.2) is 0 Å². The van der Waals surface area contributed by atoms with Gasteiger partial charge in [-0.3, -0.25) is 10.1 Å². The van der Waals surface area contributed by atoms with E-state index in [1.165, 1.54) is 24.3 Å². The van der Waals surface area contributed by atoms with Gasteiger partial charge in [-0.1, -0.05) is 12.1 Å². The van der Waals surface area contributed by atoms with Gasteiger partial charge in [-0.15, -0.1) is 0 Å². The minimum atomic E-state index is -4.37. The molecule has 2 aromatic carbocycles. The van der Waals surface area contributed by atoms with Crippen LogP contribution in [0.15, 0.2) is 60.8 Å². The molecule has 0 saturated heterocycles. The minimum Gasteiger partial charge on any atom is -0.485 e. The Balaban J connectivity index is 1.46. The van der Waals surface area contributed by atoms with Gasteiger partial charge >= 0.3 is 6.18 Å². The molecule has 1 aliphatic rings. The van der Waals surface area contributed by atoms with Crippen molar-refractivity contribution in [3.05, 3.63) is 87.6 Å². The lowest BCUT2D eigenvalue weighted by molar-refractivity contribution is -0.385. The van der Waals surface area contributed by atoms with E-state index in [0.29, 0.717) is 29.9 Å². The highest BCUT2D eigenvalue weighted by molar-refractivity contribution is 5.44. The fraction of sp³-hybridized carbons (Fsp3) is 0.190. The molecular weight excluding hydrogens is 401 g/mol. The molecule has 4 rings (SSSR count). The van der Waals surface area contributed by atoms with E-state index in [9.17, 15) is 23.3 Å². The van der Waals surface area contributed by atoms with Crippen molar-refractivity contribution in [3.8, 4) is 17.4 Å². The summed E-state index contributed by atoms with van der Waals surface area (Å²) < 4.78 is 49.8. The molecule has 0 fully saturated rings. The number of nitro groups is 1. The van der Waals surface area contributed by atoms with E-state index in [0.717, 1.165) is 23.9 Å². The summed E-state index contributed by atoms with van der Waals surface area (Å²) in [4.78, 5) is 14.0. The Kier molecular flexibility index (Phi) is 5.03. The first kappa shape index (κ1) is 19.7. The molecule has 0 spiro atoms. The molecule has 9 heteroatoms. The molecule has 0 aliphatic carbocycles. The summed E-state index contributed by atoms with van der Waals surface area (Å²) in [6, 6.07) is 12.9. The Hall–Kier alpha value is -3.62. The second-order valence-electron chi connectivity index (χ2n) is 6.75. The lowest BCUT2D eigenvalue weighted by Crippen LogP contribution is -2.15. The van der Waals surface area contributed by atoms with Crippen LogP contribution in [-0.2, 0) is 12.6 Å². The average molecular weight is 416 g/mol. The number of ether oxygens (including phenoxy) is 2. The lowest BCUT2D eigenvalue weighted by atomic mass is 9.96. The van der Waals surface area contributed by atoms with E-state index in [2.05, 4.69) is 4.98 Å². The molecule has 0 saturated carbocycles. The molecule has 3 aromatic rings. The summed E-state index contributed by atoms with van der Waals surface area (Å²) in [5, 5.41) is 10.7. The van der Waals surface area contributed by atoms with E-state index >= 15 is 0 Å². The molecule has 6 nitrogen and oxygen atoms in total. The third-order valence-electron chi connectivity index (χ3n) is 4.74. The maximum atomic E-state index is 12.7. The predicted octanol–water partition coefficient (Wildman–Crippen LogP) is 5.87. The van der Waals surface area contributed by atoms with Crippen molar-refractivity contribution in [3.63, 3.8) is 0 Å². The maximum absolute atomic E-state index is 12.7. The summed E-state index contributed by atoms with van der Waals surface area (Å²) in [7, 11) is 0. The Morgan fingerprint density at radius 1 is 1.10 bits per heavy atom. The van der Waals surface area contributed by atoms with Gasteiger partial charge in [-0.2, -0.15) is 13.2 Å². The highest BCUT2D eigenvalue weighted by Crippen LogP contribution is 2.38. The molecule has 1 atom stereocenters. The first-order valence-corrected chi connectivity index (χ1v) is 9.04. The molecule has 0 amide bonds. The van der Waals surface area contributed by atoms with Gasteiger partial charge in [0.25, 0.3) is 5.69 Å². The van der Waals surface area contributed by atoms with Crippen LogP contribution in [0.25, 0.3) is 0 Å². The SMILES string of the molecule is O=[N+]([O-])c1ccc(Oc2ccc3c(c2)CCC(c2ccc(C(F)(F)F)cc2)O3)nc1. The number of aromatic nitrogens is 1. The topological polar surface area (TPSA) is 74.5 Å². The van der Waals surface area contributed by atoms with Crippen LogP contribution in [0, 0.1) is 10.1 Å². The highest BCUT2D eigenvalue weighted by atomic mass is 19.4. The zero-order valence-corrected chi connectivity index (χ0v) is 15.4. The number of nitrogens with zero attached hydrogens (tertiary/aromatic N) is 2. The highest BCUT2D eigenvalue weighted by Gasteiger charge is 2.30. The van der Waals surface area contributed by atoms with Crippen LogP contribution in [-0.4, -0.2) is 9.91 Å². The van der Waals surface area contributed by atoms with Gasteiger partial charge in [0, 0.05) is 12.1 Å². The number of rotatable bonds is 4. The number of benzene rings is 2. The molecular formula is C21H15F3N2O4. The van der Waals surface area contributed by atoms with Crippen LogP contribution < -0.4 is 9.47 Å². The first-order valence-electron chi connectivity index (χ1n) is 9.04. The third kappa shape index (κ3) is 4.19. The van der Waals surface area contributed by atoms with E-state index < -0.39 is 16.7 Å². The van der Waals surface area contributed by atoms with Crippen molar-refractivity contribution in [2.75, 3.05) is 0 Å². The normalized spacial score (nSPS) is 15.8. The number of alkyl halides is 3. The van der Waals surface area contributed by atoms with Crippen LogP contribution >= 0.6 is 0 Å². The van der Waals surface area contributed by atoms with E-state index in [1.807, 2.05) is 0 Å². The fourth-order valence-electron chi connectivity index (χ4n) is 3.21. The van der Waals surface area contributed by atoms with Crippen LogP contribution in [0.5, 0.6) is 17.4 Å². The van der Waals surface area contributed by atoms with Crippen molar-refractivity contribution in [2.45, 2.75) is 25.1 Å². The summed E-state index contributed by atoms with van der Waals surface area (Å²) in [5.74, 6) is 1.36. The van der Waals surface area contributed by atoms with Gasteiger partial charge in [0.05, 0.1) is 10.5 Å². The van der Waals surface area contributed by atoms with Crippen molar-refractivity contribution >= 4 is 5.69 Å². The van der Waals surface area contributed by atoms with Gasteiger partial charge < -0.3 is 9.47 Å². The van der Waals surface area contributed by atoms with Crippen molar-refractivity contribution in [1.82, 2.24) is 4.98 Å². The fourth-order valence-corrected chi connectivity index (χ4v) is 3.21. The molecule has 1 aliphatic heterocycles. The van der Waals surface area contributed by atoms with Gasteiger partial charge in [-0.25, -0.2) is 4.98 Å². The van der Waals surface area contributed by atoms with Crippen LogP contribution in [0.4, 0.5) is 18.9 Å². The number of aryl methyl sites for hydroxylation is 1. The standard InChI is InChI=1S/C21H15F3N2O4/c22-21(23,24)15-4-1-13(2-5-15)18-8-3-14-11-17(7-9-19(14)30-18)29-20-10-6-16(12-25-20)26(27)28/h1-2,4-7,9-12,18H,3,8H2. The molecule has 30 heavy (non-hydrogen) atoms. The third-order valence-corrected chi connectivity index (χ3v) is 4.74. The molecule has 0 N–H and O–H groups in total. The van der Waals surface area contributed by atoms with E-state index in [4.69, 9.17) is 9.47 Å². The minimum absolute atomic E-state index is 0.129. The quantitative estimate of drug-likeness (QED) is 0.393. The summed E-state index contributed by atoms with van der Waals surface area (Å²) in [5.41, 5.74) is 0.765. The van der Waals surface area contributed by atoms with Crippen LogP contribution in [0.3, 0.4) is 0 Å². The first-order chi connectivity index (χ1) is 14.3. The monoisotopic (exact) mass is 416 g/mol. The molecule has 1 aromatic heterocycles. The Morgan fingerprint density at radius 3 is 2.50 bits per heavy atom. The number of hydrogen-bond acceptors (Lipinski definition) is 5. The van der Waals surface area contributed by atoms with Crippen molar-refractivity contribution in [2.24, 2.45) is 0 Å². The predicted molar refractivity (Wildman–Crippen MR) is 101 cm³/mol. The summed E-state index contributed by atoms with van der Waals surface area (Å²) in [6.07, 6.45) is -2.31. The van der Waals surface area contributed by atoms with Gasteiger partial charge in [-0.05, 0) is 54.3 Å². The molecule has 1 unspecified atom stereocenters. The Bertz CT molecular complexity index is 1070. The average Bonchev–Trinajstić information content (AvgIpc) is 2.73.